The Hall–Kier alpha value is -2.75. The van der Waals surface area contributed by atoms with E-state index in [0.717, 1.165) is 23.0 Å². The van der Waals surface area contributed by atoms with Crippen molar-refractivity contribution in [1.29, 1.82) is 0 Å². The molecule has 0 unspecified atom stereocenters. The molecular formula is C19H21N3O. The van der Waals surface area contributed by atoms with Crippen molar-refractivity contribution in [3.8, 4) is 17.0 Å². The molecule has 4 heteroatoms. The van der Waals surface area contributed by atoms with Gasteiger partial charge in [0.25, 0.3) is 0 Å². The molecule has 1 N–H and O–H groups in total. The van der Waals surface area contributed by atoms with E-state index in [1.165, 1.54) is 11.1 Å². The average molecular weight is 307 g/mol. The molecule has 0 atom stereocenters. The first-order valence-electron chi connectivity index (χ1n) is 7.63. The lowest BCUT2D eigenvalue weighted by Gasteiger charge is -2.09. The number of ether oxygens (including phenoxy) is 1. The van der Waals surface area contributed by atoms with E-state index >= 15 is 0 Å². The van der Waals surface area contributed by atoms with Crippen molar-refractivity contribution < 1.29 is 4.74 Å². The van der Waals surface area contributed by atoms with Crippen LogP contribution in [0.25, 0.3) is 11.3 Å². The fourth-order valence-electron chi connectivity index (χ4n) is 2.53. The number of methoxy groups -OCH3 is 1. The Labute approximate surface area is 136 Å². The topological polar surface area (TPSA) is 39.1 Å². The number of aromatic nitrogens is 2. The number of hydrogen-bond donors (Lipinski definition) is 1. The number of nitrogens with zero attached hydrogens (tertiary/aromatic N) is 2. The minimum Gasteiger partial charge on any atom is -0.497 e. The largest absolute Gasteiger partial charge is 0.497 e. The molecule has 0 bridgehead atoms. The molecule has 0 amide bonds. The van der Waals surface area contributed by atoms with Crippen molar-refractivity contribution in [2.75, 3.05) is 12.4 Å². The third kappa shape index (κ3) is 3.37. The standard InChI is InChI=1S/C19H21N3O/c1-14-7-9-16(10-8-14)18-13-21-19(22(18)2)20-12-15-5-4-6-17(11-15)23-3/h4-11,13H,12H2,1-3H3,(H,20,21). The van der Waals surface area contributed by atoms with E-state index in [1.807, 2.05) is 31.4 Å². The smallest absolute Gasteiger partial charge is 0.203 e. The highest BCUT2D eigenvalue weighted by molar-refractivity contribution is 5.61. The van der Waals surface area contributed by atoms with Gasteiger partial charge in [-0.3, -0.25) is 0 Å². The van der Waals surface area contributed by atoms with Crippen LogP contribution >= 0.6 is 0 Å². The zero-order valence-electron chi connectivity index (χ0n) is 13.7. The minimum absolute atomic E-state index is 0.704. The molecule has 0 aliphatic heterocycles. The molecule has 3 rings (SSSR count). The van der Waals surface area contributed by atoms with Crippen molar-refractivity contribution in [2.45, 2.75) is 13.5 Å². The van der Waals surface area contributed by atoms with Crippen molar-refractivity contribution in [1.82, 2.24) is 9.55 Å². The normalized spacial score (nSPS) is 10.6. The Morgan fingerprint density at radius 1 is 1.13 bits per heavy atom. The lowest BCUT2D eigenvalue weighted by molar-refractivity contribution is 0.414. The zero-order valence-corrected chi connectivity index (χ0v) is 13.7. The fraction of sp³-hybridized carbons (Fsp3) is 0.211. The summed E-state index contributed by atoms with van der Waals surface area (Å²) in [4.78, 5) is 4.49. The van der Waals surface area contributed by atoms with E-state index in [2.05, 4.69) is 52.1 Å². The zero-order chi connectivity index (χ0) is 16.2. The molecule has 2 aromatic carbocycles. The molecule has 0 fully saturated rings. The molecule has 0 aliphatic rings. The number of nitrogens with one attached hydrogen (secondary N) is 1. The highest BCUT2D eigenvalue weighted by atomic mass is 16.5. The van der Waals surface area contributed by atoms with Crippen LogP contribution in [0.5, 0.6) is 5.75 Å². The summed E-state index contributed by atoms with van der Waals surface area (Å²) >= 11 is 0. The molecule has 1 heterocycles. The maximum Gasteiger partial charge on any atom is 0.203 e. The molecule has 0 aliphatic carbocycles. The number of anilines is 1. The van der Waals surface area contributed by atoms with Crippen LogP contribution in [-0.2, 0) is 13.6 Å². The molecule has 0 saturated carbocycles. The summed E-state index contributed by atoms with van der Waals surface area (Å²) in [5.74, 6) is 1.72. The van der Waals surface area contributed by atoms with Crippen molar-refractivity contribution >= 4 is 5.95 Å². The third-order valence-electron chi connectivity index (χ3n) is 3.92. The van der Waals surface area contributed by atoms with Crippen LogP contribution in [-0.4, -0.2) is 16.7 Å². The summed E-state index contributed by atoms with van der Waals surface area (Å²) in [6.45, 7) is 2.80. The maximum absolute atomic E-state index is 5.25. The Balaban J connectivity index is 1.75. The summed E-state index contributed by atoms with van der Waals surface area (Å²) in [5.41, 5.74) is 4.68. The molecule has 0 saturated heterocycles. The van der Waals surface area contributed by atoms with Gasteiger partial charge < -0.3 is 14.6 Å². The van der Waals surface area contributed by atoms with Gasteiger partial charge >= 0.3 is 0 Å². The summed E-state index contributed by atoms with van der Waals surface area (Å²) < 4.78 is 7.33. The van der Waals surface area contributed by atoms with E-state index in [0.29, 0.717) is 6.54 Å². The second-order valence-electron chi connectivity index (χ2n) is 5.60. The van der Waals surface area contributed by atoms with Gasteiger partial charge in [-0.1, -0.05) is 42.0 Å². The van der Waals surface area contributed by atoms with E-state index in [1.54, 1.807) is 7.11 Å². The van der Waals surface area contributed by atoms with Crippen LogP contribution in [0, 0.1) is 6.92 Å². The molecule has 118 valence electrons. The molecule has 3 aromatic rings. The van der Waals surface area contributed by atoms with Crippen molar-refractivity contribution in [3.63, 3.8) is 0 Å². The van der Waals surface area contributed by atoms with Crippen LogP contribution in [0.4, 0.5) is 5.95 Å². The van der Waals surface area contributed by atoms with Crippen LogP contribution < -0.4 is 10.1 Å². The molecule has 1 aromatic heterocycles. The molecule has 4 nitrogen and oxygen atoms in total. The quantitative estimate of drug-likeness (QED) is 0.774. The van der Waals surface area contributed by atoms with Gasteiger partial charge in [-0.05, 0) is 30.2 Å². The number of imidazole rings is 1. The highest BCUT2D eigenvalue weighted by Crippen LogP contribution is 2.22. The van der Waals surface area contributed by atoms with Gasteiger partial charge in [-0.15, -0.1) is 0 Å². The van der Waals surface area contributed by atoms with Crippen LogP contribution in [0.15, 0.2) is 54.7 Å². The monoisotopic (exact) mass is 307 g/mol. The van der Waals surface area contributed by atoms with Gasteiger partial charge in [-0.2, -0.15) is 0 Å². The summed E-state index contributed by atoms with van der Waals surface area (Å²) in [5, 5.41) is 3.38. The number of hydrogen-bond acceptors (Lipinski definition) is 3. The number of aryl methyl sites for hydroxylation is 1. The van der Waals surface area contributed by atoms with Gasteiger partial charge in [0.2, 0.25) is 5.95 Å². The summed E-state index contributed by atoms with van der Waals surface area (Å²) in [6.07, 6.45) is 1.90. The third-order valence-corrected chi connectivity index (χ3v) is 3.92. The van der Waals surface area contributed by atoms with E-state index < -0.39 is 0 Å². The fourth-order valence-corrected chi connectivity index (χ4v) is 2.53. The second kappa shape index (κ2) is 6.57. The predicted molar refractivity (Wildman–Crippen MR) is 93.7 cm³/mol. The molecule has 0 spiro atoms. The first kappa shape index (κ1) is 15.2. The van der Waals surface area contributed by atoms with E-state index in [-0.39, 0.29) is 0 Å². The predicted octanol–water partition coefficient (Wildman–Crippen LogP) is 4.02. The van der Waals surface area contributed by atoms with E-state index in [4.69, 9.17) is 4.74 Å². The Kier molecular flexibility index (Phi) is 4.33. The van der Waals surface area contributed by atoms with Gasteiger partial charge in [0.15, 0.2) is 0 Å². The Bertz CT molecular complexity index is 791. The Morgan fingerprint density at radius 2 is 1.91 bits per heavy atom. The van der Waals surface area contributed by atoms with Gasteiger partial charge in [-0.25, -0.2) is 4.98 Å². The van der Waals surface area contributed by atoms with Crippen molar-refractivity contribution in [3.05, 3.63) is 65.9 Å². The lowest BCUT2D eigenvalue weighted by Crippen LogP contribution is -2.05. The lowest BCUT2D eigenvalue weighted by atomic mass is 10.1. The van der Waals surface area contributed by atoms with Crippen LogP contribution in [0.2, 0.25) is 0 Å². The van der Waals surface area contributed by atoms with Gasteiger partial charge in [0.1, 0.15) is 5.75 Å². The maximum atomic E-state index is 5.25. The molecular weight excluding hydrogens is 286 g/mol. The van der Waals surface area contributed by atoms with Gasteiger partial charge in [0, 0.05) is 13.6 Å². The first-order chi connectivity index (χ1) is 11.2. The number of benzene rings is 2. The van der Waals surface area contributed by atoms with Crippen LogP contribution in [0.1, 0.15) is 11.1 Å². The van der Waals surface area contributed by atoms with E-state index in [9.17, 15) is 0 Å². The highest BCUT2D eigenvalue weighted by Gasteiger charge is 2.08. The minimum atomic E-state index is 0.704. The SMILES string of the molecule is COc1cccc(CNc2ncc(-c3ccc(C)cc3)n2C)c1. The number of rotatable bonds is 5. The molecule has 0 radical (unpaired) electrons. The van der Waals surface area contributed by atoms with Crippen LogP contribution in [0.3, 0.4) is 0 Å². The second-order valence-corrected chi connectivity index (χ2v) is 5.60. The van der Waals surface area contributed by atoms with Crippen molar-refractivity contribution in [2.24, 2.45) is 7.05 Å². The summed E-state index contributed by atoms with van der Waals surface area (Å²) in [6, 6.07) is 16.5. The average Bonchev–Trinajstić information content (AvgIpc) is 2.95. The first-order valence-corrected chi connectivity index (χ1v) is 7.63. The molecule has 23 heavy (non-hydrogen) atoms. The van der Waals surface area contributed by atoms with Gasteiger partial charge in [0.05, 0.1) is 19.0 Å². The Morgan fingerprint density at radius 3 is 2.65 bits per heavy atom. The summed E-state index contributed by atoms with van der Waals surface area (Å²) in [7, 11) is 3.70.